The van der Waals surface area contributed by atoms with E-state index in [4.69, 9.17) is 4.42 Å². The lowest BCUT2D eigenvalue weighted by Gasteiger charge is -2.20. The van der Waals surface area contributed by atoms with Crippen LogP contribution in [0.2, 0.25) is 0 Å². The number of furan rings is 1. The third-order valence-corrected chi connectivity index (χ3v) is 12.1. The van der Waals surface area contributed by atoms with E-state index in [1.165, 1.54) is 93.2 Å². The second kappa shape index (κ2) is 12.1. The lowest BCUT2D eigenvalue weighted by atomic mass is 9.83. The summed E-state index contributed by atoms with van der Waals surface area (Å²) in [7, 11) is 0. The molecule has 10 aromatic carbocycles. The van der Waals surface area contributed by atoms with Crippen molar-refractivity contribution in [3.63, 3.8) is 0 Å². The predicted octanol–water partition coefficient (Wildman–Crippen LogP) is 15.2. The minimum Gasteiger partial charge on any atom is -0.455 e. The largest absolute Gasteiger partial charge is 0.455 e. The first kappa shape index (κ1) is 31.2. The van der Waals surface area contributed by atoms with Crippen molar-refractivity contribution in [1.29, 1.82) is 0 Å². The summed E-state index contributed by atoms with van der Waals surface area (Å²) in [6, 6.07) is 71.1. The van der Waals surface area contributed by atoms with E-state index in [0.29, 0.717) is 0 Å². The first-order chi connectivity index (χ1) is 27.8. The highest BCUT2D eigenvalue weighted by Gasteiger charge is 2.28. The Kier molecular flexibility index (Phi) is 6.76. The van der Waals surface area contributed by atoms with Gasteiger partial charge in [-0.05, 0) is 106 Å². The molecule has 11 aromatic rings. The van der Waals surface area contributed by atoms with Crippen LogP contribution in [0.3, 0.4) is 0 Å². The van der Waals surface area contributed by atoms with Crippen molar-refractivity contribution in [3.8, 4) is 22.3 Å². The molecular weight excluding hydrogens is 677 g/mol. The van der Waals surface area contributed by atoms with E-state index in [1.54, 1.807) is 0 Å². The molecule has 1 aliphatic rings. The van der Waals surface area contributed by atoms with Crippen LogP contribution in [0.15, 0.2) is 199 Å². The number of hydrogen-bond donors (Lipinski definition) is 0. The highest BCUT2D eigenvalue weighted by atomic mass is 16.3. The molecule has 1 nitrogen and oxygen atoms in total. The van der Waals surface area contributed by atoms with Gasteiger partial charge < -0.3 is 4.42 Å². The number of hydrogen-bond acceptors (Lipinski definition) is 1. The molecule has 0 aliphatic heterocycles. The molecule has 0 fully saturated rings. The zero-order valence-corrected chi connectivity index (χ0v) is 30.5. The molecule has 0 radical (unpaired) electrons. The standard InChI is InChI=1S/C55H34O/c1-2-14-34(15-3-1)48-32-37-16-4-5-17-39(37)51(48)35-26-28-36(29-27-35)52-43-21-9-11-23-45(43)53(46-24-12-10-22-44(46)52)38-30-31-50-49(33-38)54-42-20-8-6-18-40(42)41-19-7-13-25-47(41)55(54)56-50/h1-33,51H. The number of allylic oxidation sites excluding steroid dienone is 1. The molecule has 12 rings (SSSR count). The van der Waals surface area contributed by atoms with Gasteiger partial charge in [0.15, 0.2) is 0 Å². The summed E-state index contributed by atoms with van der Waals surface area (Å²) in [6.45, 7) is 0. The third kappa shape index (κ3) is 4.55. The maximum atomic E-state index is 6.71. The van der Waals surface area contributed by atoms with E-state index in [2.05, 4.69) is 200 Å². The predicted molar refractivity (Wildman–Crippen MR) is 237 cm³/mol. The van der Waals surface area contributed by atoms with Crippen LogP contribution in [-0.4, -0.2) is 0 Å². The van der Waals surface area contributed by atoms with Gasteiger partial charge in [-0.15, -0.1) is 0 Å². The fraction of sp³-hybridized carbons (Fsp3) is 0.0182. The van der Waals surface area contributed by atoms with Crippen molar-refractivity contribution in [2.24, 2.45) is 0 Å². The van der Waals surface area contributed by atoms with E-state index in [1.807, 2.05) is 0 Å². The highest BCUT2D eigenvalue weighted by molar-refractivity contribution is 6.31. The molecule has 1 heterocycles. The first-order valence-electron chi connectivity index (χ1n) is 19.5. The summed E-state index contributed by atoms with van der Waals surface area (Å²) in [5, 5.41) is 12.1. The summed E-state index contributed by atoms with van der Waals surface area (Å²) < 4.78 is 6.71. The van der Waals surface area contributed by atoms with Gasteiger partial charge in [0.05, 0.1) is 0 Å². The molecule has 1 aliphatic carbocycles. The molecular formula is C55H34O. The van der Waals surface area contributed by atoms with Crippen LogP contribution < -0.4 is 0 Å². The molecule has 0 saturated heterocycles. The molecule has 1 atom stereocenters. The van der Waals surface area contributed by atoms with Crippen LogP contribution in [0.1, 0.15) is 28.2 Å². The Bertz CT molecular complexity index is 3340. The molecule has 260 valence electrons. The Labute approximate surface area is 324 Å². The average molecular weight is 711 g/mol. The monoisotopic (exact) mass is 710 g/mol. The summed E-state index contributed by atoms with van der Waals surface area (Å²) >= 11 is 0. The van der Waals surface area contributed by atoms with E-state index < -0.39 is 0 Å². The second-order valence-corrected chi connectivity index (χ2v) is 15.1. The van der Waals surface area contributed by atoms with Crippen LogP contribution in [-0.2, 0) is 0 Å². The first-order valence-corrected chi connectivity index (χ1v) is 19.5. The number of fused-ring (bicyclic) bond motifs is 11. The van der Waals surface area contributed by atoms with Crippen molar-refractivity contribution in [2.75, 3.05) is 0 Å². The van der Waals surface area contributed by atoms with Gasteiger partial charge in [0.1, 0.15) is 11.2 Å². The lowest BCUT2D eigenvalue weighted by Crippen LogP contribution is -2.01. The zero-order chi connectivity index (χ0) is 36.7. The van der Waals surface area contributed by atoms with Gasteiger partial charge in [-0.25, -0.2) is 0 Å². The molecule has 1 heteroatoms. The Morgan fingerprint density at radius 3 is 1.55 bits per heavy atom. The third-order valence-electron chi connectivity index (χ3n) is 12.1. The van der Waals surface area contributed by atoms with E-state index in [-0.39, 0.29) is 5.92 Å². The summed E-state index contributed by atoms with van der Waals surface area (Å²) in [4.78, 5) is 0. The van der Waals surface area contributed by atoms with E-state index >= 15 is 0 Å². The van der Waals surface area contributed by atoms with Gasteiger partial charge in [-0.3, -0.25) is 0 Å². The van der Waals surface area contributed by atoms with Crippen molar-refractivity contribution >= 4 is 76.7 Å². The number of rotatable bonds is 4. The topological polar surface area (TPSA) is 13.1 Å². The van der Waals surface area contributed by atoms with E-state index in [9.17, 15) is 0 Å². The quantitative estimate of drug-likeness (QED) is 0.131. The highest BCUT2D eigenvalue weighted by Crippen LogP contribution is 2.49. The summed E-state index contributed by atoms with van der Waals surface area (Å²) in [5.74, 6) is 0.183. The van der Waals surface area contributed by atoms with Crippen LogP contribution in [0.5, 0.6) is 0 Å². The lowest BCUT2D eigenvalue weighted by molar-refractivity contribution is 0.673. The maximum absolute atomic E-state index is 6.71. The Hall–Kier alpha value is -7.22. The van der Waals surface area contributed by atoms with Gasteiger partial charge in [0, 0.05) is 22.1 Å². The average Bonchev–Trinajstić information content (AvgIpc) is 3.85. The molecule has 1 unspecified atom stereocenters. The zero-order valence-electron chi connectivity index (χ0n) is 30.5. The molecule has 0 amide bonds. The van der Waals surface area contributed by atoms with Crippen molar-refractivity contribution in [3.05, 3.63) is 216 Å². The smallest absolute Gasteiger partial charge is 0.143 e. The molecule has 0 saturated carbocycles. The summed E-state index contributed by atoms with van der Waals surface area (Å²) in [5.41, 5.74) is 13.4. The van der Waals surface area contributed by atoms with Gasteiger partial charge in [-0.2, -0.15) is 0 Å². The van der Waals surface area contributed by atoms with Gasteiger partial charge in [0.2, 0.25) is 0 Å². The van der Waals surface area contributed by atoms with E-state index in [0.717, 1.165) is 21.9 Å². The van der Waals surface area contributed by atoms with Crippen LogP contribution in [0.25, 0.3) is 98.9 Å². The van der Waals surface area contributed by atoms with Crippen LogP contribution in [0.4, 0.5) is 0 Å². The van der Waals surface area contributed by atoms with Gasteiger partial charge in [0.25, 0.3) is 0 Å². The van der Waals surface area contributed by atoms with Gasteiger partial charge >= 0.3 is 0 Å². The Morgan fingerprint density at radius 1 is 0.357 bits per heavy atom. The molecule has 56 heavy (non-hydrogen) atoms. The number of benzene rings is 10. The second-order valence-electron chi connectivity index (χ2n) is 15.1. The molecule has 0 bridgehead atoms. The Balaban J connectivity index is 1.05. The van der Waals surface area contributed by atoms with Crippen LogP contribution in [0, 0.1) is 0 Å². The van der Waals surface area contributed by atoms with Crippen molar-refractivity contribution in [1.82, 2.24) is 0 Å². The Morgan fingerprint density at radius 2 is 0.875 bits per heavy atom. The van der Waals surface area contributed by atoms with Crippen LogP contribution >= 0.6 is 0 Å². The maximum Gasteiger partial charge on any atom is 0.143 e. The molecule has 0 N–H and O–H groups in total. The minimum absolute atomic E-state index is 0.183. The molecule has 1 aromatic heterocycles. The van der Waals surface area contributed by atoms with Crippen molar-refractivity contribution < 1.29 is 4.42 Å². The minimum atomic E-state index is 0.183. The van der Waals surface area contributed by atoms with Gasteiger partial charge in [-0.1, -0.05) is 182 Å². The summed E-state index contributed by atoms with van der Waals surface area (Å²) in [6.07, 6.45) is 2.37. The van der Waals surface area contributed by atoms with Crippen molar-refractivity contribution in [2.45, 2.75) is 5.92 Å². The molecule has 0 spiro atoms. The fourth-order valence-electron chi connectivity index (χ4n) is 9.72. The SMILES string of the molecule is C1=C(c2ccccc2)C(c2ccc(-c3c4ccccc4c(-c4ccc5oc6c7ccccc7c7ccccc7c6c5c4)c4ccccc34)cc2)c2ccccc21. The fourth-order valence-corrected chi connectivity index (χ4v) is 9.72. The normalized spacial score (nSPS) is 14.0.